The highest BCUT2D eigenvalue weighted by atomic mass is 16.5. The molecule has 0 spiro atoms. The monoisotopic (exact) mass is 290 g/mol. The van der Waals surface area contributed by atoms with Crippen LogP contribution in [0.1, 0.15) is 37.8 Å². The molecule has 1 aliphatic rings. The molecule has 0 unspecified atom stereocenters. The zero-order chi connectivity index (χ0) is 15.1. The molecule has 1 fully saturated rings. The molecule has 0 aliphatic heterocycles. The third-order valence-corrected chi connectivity index (χ3v) is 3.90. The topological polar surface area (TPSA) is 24.5 Å². The lowest BCUT2D eigenvalue weighted by molar-refractivity contribution is 0.0978. The van der Waals surface area contributed by atoms with Gasteiger partial charge in [-0.1, -0.05) is 38.1 Å². The maximum absolute atomic E-state index is 5.80. The van der Waals surface area contributed by atoms with Gasteiger partial charge in [-0.15, -0.1) is 0 Å². The van der Waals surface area contributed by atoms with Crippen molar-refractivity contribution in [1.82, 2.24) is 10.2 Å². The Kier molecular flexibility index (Phi) is 6.68. The number of nitrogens with zero attached hydrogens (tertiary/aromatic N) is 1. The molecule has 3 nitrogen and oxygen atoms in total. The summed E-state index contributed by atoms with van der Waals surface area (Å²) in [4.78, 5) is 2.41. The van der Waals surface area contributed by atoms with Crippen LogP contribution < -0.4 is 5.32 Å². The number of hydrogen-bond acceptors (Lipinski definition) is 3. The van der Waals surface area contributed by atoms with Crippen molar-refractivity contribution >= 4 is 0 Å². The number of rotatable bonds is 10. The molecule has 1 aliphatic carbocycles. The van der Waals surface area contributed by atoms with E-state index in [-0.39, 0.29) is 0 Å². The third kappa shape index (κ3) is 6.60. The largest absolute Gasteiger partial charge is 0.375 e. The first-order chi connectivity index (χ1) is 10.1. The lowest BCUT2D eigenvalue weighted by atomic mass is 10.1. The fraction of sp³-hybridized carbons (Fsp3) is 0.667. The summed E-state index contributed by atoms with van der Waals surface area (Å²) in [6, 6.07) is 9.53. The molecule has 1 aromatic rings. The minimum Gasteiger partial charge on any atom is -0.375 e. The van der Waals surface area contributed by atoms with Crippen LogP contribution in [0.25, 0.3) is 0 Å². The number of hydrogen-bond donors (Lipinski definition) is 1. The van der Waals surface area contributed by atoms with E-state index in [1.807, 2.05) is 0 Å². The van der Waals surface area contributed by atoms with Gasteiger partial charge >= 0.3 is 0 Å². The fourth-order valence-electron chi connectivity index (χ4n) is 2.43. The summed E-state index contributed by atoms with van der Waals surface area (Å²) in [5, 5.41) is 3.48. The van der Waals surface area contributed by atoms with E-state index >= 15 is 0 Å². The summed E-state index contributed by atoms with van der Waals surface area (Å²) in [6.45, 7) is 9.05. The Labute approximate surface area is 129 Å². The van der Waals surface area contributed by atoms with E-state index in [1.165, 1.54) is 24.0 Å². The van der Waals surface area contributed by atoms with Gasteiger partial charge in [0.25, 0.3) is 0 Å². The summed E-state index contributed by atoms with van der Waals surface area (Å²) in [5.41, 5.74) is 2.61. The highest BCUT2D eigenvalue weighted by Gasteiger charge is 2.25. The van der Waals surface area contributed by atoms with Crippen LogP contribution in [-0.2, 0) is 17.9 Å². The van der Waals surface area contributed by atoms with Gasteiger partial charge in [-0.05, 0) is 43.5 Å². The predicted molar refractivity (Wildman–Crippen MR) is 88.3 cm³/mol. The molecule has 1 aromatic carbocycles. The van der Waals surface area contributed by atoms with E-state index in [0.717, 1.165) is 38.9 Å². The van der Waals surface area contributed by atoms with Crippen molar-refractivity contribution in [1.29, 1.82) is 0 Å². The molecule has 0 amide bonds. The third-order valence-electron chi connectivity index (χ3n) is 3.90. The molecular weight excluding hydrogens is 260 g/mol. The lowest BCUT2D eigenvalue weighted by Crippen LogP contribution is -2.25. The highest BCUT2D eigenvalue weighted by Crippen LogP contribution is 2.24. The first-order valence-electron chi connectivity index (χ1n) is 8.21. The summed E-state index contributed by atoms with van der Waals surface area (Å²) in [7, 11) is 2.20. The zero-order valence-corrected chi connectivity index (χ0v) is 13.8. The summed E-state index contributed by atoms with van der Waals surface area (Å²) < 4.78 is 5.80. The van der Waals surface area contributed by atoms with Crippen LogP contribution in [0.3, 0.4) is 0 Å². The lowest BCUT2D eigenvalue weighted by Gasteiger charge is -2.15. The van der Waals surface area contributed by atoms with Gasteiger partial charge in [-0.2, -0.15) is 0 Å². The van der Waals surface area contributed by atoms with Crippen molar-refractivity contribution in [3.8, 4) is 0 Å². The average Bonchev–Trinajstić information content (AvgIpc) is 3.28. The molecule has 2 rings (SSSR count). The van der Waals surface area contributed by atoms with Crippen LogP contribution in [0.15, 0.2) is 24.3 Å². The minimum atomic E-state index is 0.694. The van der Waals surface area contributed by atoms with Crippen LogP contribution in [-0.4, -0.2) is 37.7 Å². The fourth-order valence-corrected chi connectivity index (χ4v) is 2.43. The minimum absolute atomic E-state index is 0.694. The number of benzene rings is 1. The van der Waals surface area contributed by atoms with Crippen molar-refractivity contribution < 1.29 is 4.74 Å². The molecule has 0 saturated heterocycles. The first kappa shape index (κ1) is 16.5. The molecule has 1 N–H and O–H groups in total. The van der Waals surface area contributed by atoms with Crippen molar-refractivity contribution in [3.63, 3.8) is 0 Å². The second kappa shape index (κ2) is 8.52. The van der Waals surface area contributed by atoms with E-state index < -0.39 is 0 Å². The molecule has 0 bridgehead atoms. The van der Waals surface area contributed by atoms with Crippen molar-refractivity contribution in [2.45, 2.75) is 45.9 Å². The molecule has 1 saturated carbocycles. The van der Waals surface area contributed by atoms with Gasteiger partial charge in [0.15, 0.2) is 0 Å². The van der Waals surface area contributed by atoms with Crippen molar-refractivity contribution in [2.24, 2.45) is 5.92 Å². The molecule has 0 atom stereocenters. The van der Waals surface area contributed by atoms with E-state index in [9.17, 15) is 0 Å². The van der Waals surface area contributed by atoms with Crippen molar-refractivity contribution in [3.05, 3.63) is 35.4 Å². The number of ether oxygens (including phenoxy) is 1. The van der Waals surface area contributed by atoms with Crippen LogP contribution in [0, 0.1) is 5.92 Å². The Morgan fingerprint density at radius 1 is 1.29 bits per heavy atom. The SMILES string of the molecule is CC(C)CNCc1cccc(COCCN(C)C2CC2)c1. The van der Waals surface area contributed by atoms with Gasteiger partial charge < -0.3 is 15.0 Å². The van der Waals surface area contributed by atoms with Gasteiger partial charge in [0.2, 0.25) is 0 Å². The Bertz CT molecular complexity index is 415. The average molecular weight is 290 g/mol. The second-order valence-electron chi connectivity index (χ2n) is 6.61. The normalized spacial score (nSPS) is 15.1. The molecule has 3 heteroatoms. The van der Waals surface area contributed by atoms with Crippen LogP contribution >= 0.6 is 0 Å². The van der Waals surface area contributed by atoms with Crippen LogP contribution in [0.2, 0.25) is 0 Å². The molecule has 0 heterocycles. The van der Waals surface area contributed by atoms with Gasteiger partial charge in [0.1, 0.15) is 0 Å². The van der Waals surface area contributed by atoms with Crippen LogP contribution in [0.4, 0.5) is 0 Å². The second-order valence-corrected chi connectivity index (χ2v) is 6.61. The van der Waals surface area contributed by atoms with Gasteiger partial charge in [-0.3, -0.25) is 0 Å². The highest BCUT2D eigenvalue weighted by molar-refractivity contribution is 5.22. The number of likely N-dealkylation sites (N-methyl/N-ethyl adjacent to an activating group) is 1. The maximum atomic E-state index is 5.80. The zero-order valence-electron chi connectivity index (χ0n) is 13.8. The van der Waals surface area contributed by atoms with E-state index in [4.69, 9.17) is 4.74 Å². The Morgan fingerprint density at radius 3 is 2.76 bits per heavy atom. The van der Waals surface area contributed by atoms with Gasteiger partial charge in [0, 0.05) is 19.1 Å². The maximum Gasteiger partial charge on any atom is 0.0717 e. The quantitative estimate of drug-likeness (QED) is 0.670. The Hall–Kier alpha value is -0.900. The molecular formula is C18H30N2O. The summed E-state index contributed by atoms with van der Waals surface area (Å²) in [5.74, 6) is 0.694. The Morgan fingerprint density at radius 2 is 2.05 bits per heavy atom. The van der Waals surface area contributed by atoms with E-state index in [2.05, 4.69) is 55.4 Å². The van der Waals surface area contributed by atoms with Crippen LogP contribution in [0.5, 0.6) is 0 Å². The summed E-state index contributed by atoms with van der Waals surface area (Å²) >= 11 is 0. The first-order valence-corrected chi connectivity index (χ1v) is 8.21. The molecule has 118 valence electrons. The standard InChI is InChI=1S/C18H30N2O/c1-15(2)12-19-13-16-5-4-6-17(11-16)14-21-10-9-20(3)18-7-8-18/h4-6,11,15,18-19H,7-10,12-14H2,1-3H3. The van der Waals surface area contributed by atoms with Crippen molar-refractivity contribution in [2.75, 3.05) is 26.7 Å². The number of nitrogens with one attached hydrogen (secondary N) is 1. The summed E-state index contributed by atoms with van der Waals surface area (Å²) in [6.07, 6.45) is 2.73. The van der Waals surface area contributed by atoms with Gasteiger partial charge in [-0.25, -0.2) is 0 Å². The predicted octanol–water partition coefficient (Wildman–Crippen LogP) is 3.04. The molecule has 0 aromatic heterocycles. The van der Waals surface area contributed by atoms with E-state index in [0.29, 0.717) is 5.92 Å². The smallest absolute Gasteiger partial charge is 0.0717 e. The molecule has 0 radical (unpaired) electrons. The van der Waals surface area contributed by atoms with E-state index in [1.54, 1.807) is 0 Å². The Balaban J connectivity index is 1.65. The molecule has 21 heavy (non-hydrogen) atoms. The van der Waals surface area contributed by atoms with Gasteiger partial charge in [0.05, 0.1) is 13.2 Å².